The second-order valence-electron chi connectivity index (χ2n) is 3.99. The van der Waals surface area contributed by atoms with Crippen LogP contribution in [0.4, 0.5) is 0 Å². The number of carbonyl (C=O) groups is 1. The van der Waals surface area contributed by atoms with E-state index in [-0.39, 0.29) is 17.9 Å². The fourth-order valence-corrected chi connectivity index (χ4v) is 2.56. The van der Waals surface area contributed by atoms with Gasteiger partial charge in [-0.15, -0.1) is 0 Å². The van der Waals surface area contributed by atoms with Gasteiger partial charge in [0.15, 0.2) is 5.90 Å². The number of hydrogen-bond donors (Lipinski definition) is 0. The van der Waals surface area contributed by atoms with Crippen molar-refractivity contribution in [3.8, 4) is 0 Å². The van der Waals surface area contributed by atoms with Crippen LogP contribution in [0, 0.1) is 11.8 Å². The van der Waals surface area contributed by atoms with Crippen molar-refractivity contribution in [3.63, 3.8) is 0 Å². The monoisotopic (exact) mass is 165 g/mol. The molecular weight excluding hydrogens is 154 g/mol. The minimum atomic E-state index is 0.0726. The first-order valence-corrected chi connectivity index (χ1v) is 4.61. The summed E-state index contributed by atoms with van der Waals surface area (Å²) < 4.78 is 5.60. The Hall–Kier alpha value is -0.860. The van der Waals surface area contributed by atoms with Crippen LogP contribution >= 0.6 is 0 Å². The largest absolute Gasteiger partial charge is 0.476 e. The van der Waals surface area contributed by atoms with E-state index in [1.54, 1.807) is 0 Å². The van der Waals surface area contributed by atoms with E-state index in [0.717, 1.165) is 19.3 Å². The number of fused-ring (bicyclic) bond motifs is 2. The molecule has 1 saturated carbocycles. The van der Waals surface area contributed by atoms with E-state index in [0.29, 0.717) is 11.8 Å². The van der Waals surface area contributed by atoms with Crippen molar-refractivity contribution in [1.29, 1.82) is 0 Å². The maximum atomic E-state index is 11.4. The lowest BCUT2D eigenvalue weighted by molar-refractivity contribution is -0.127. The summed E-state index contributed by atoms with van der Waals surface area (Å²) in [5.74, 6) is 1.54. The topological polar surface area (TPSA) is 38.7 Å². The Balaban J connectivity index is 2.08. The summed E-state index contributed by atoms with van der Waals surface area (Å²) in [7, 11) is 0. The van der Waals surface area contributed by atoms with Crippen molar-refractivity contribution in [2.75, 3.05) is 0 Å². The highest BCUT2D eigenvalue weighted by atomic mass is 16.5. The Kier molecular flexibility index (Phi) is 1.15. The summed E-state index contributed by atoms with van der Waals surface area (Å²) in [6, 6.07) is 0. The Labute approximate surface area is 70.8 Å². The fraction of sp³-hybridized carbons (Fsp3) is 0.778. The Morgan fingerprint density at radius 3 is 3.25 bits per heavy atom. The molecule has 3 nitrogen and oxygen atoms in total. The van der Waals surface area contributed by atoms with E-state index in [9.17, 15) is 4.79 Å². The molecule has 4 aliphatic heterocycles. The standard InChI is InChI=1S/C9H11NO2/c11-9-6-3-5-1-2-7(6)12-8(4-5)10-9/h5-7H,1-4H2. The van der Waals surface area contributed by atoms with Gasteiger partial charge in [0.25, 0.3) is 5.91 Å². The molecule has 2 saturated heterocycles. The smallest absolute Gasteiger partial charge is 0.255 e. The molecule has 3 unspecified atom stereocenters. The highest BCUT2D eigenvalue weighted by molar-refractivity contribution is 5.96. The van der Waals surface area contributed by atoms with Gasteiger partial charge in [-0.2, -0.15) is 4.99 Å². The molecule has 3 atom stereocenters. The molecule has 12 heavy (non-hydrogen) atoms. The number of nitrogens with zero attached hydrogens (tertiary/aromatic N) is 1. The summed E-state index contributed by atoms with van der Waals surface area (Å²) in [4.78, 5) is 15.3. The van der Waals surface area contributed by atoms with Crippen LogP contribution in [-0.4, -0.2) is 17.9 Å². The van der Waals surface area contributed by atoms with Gasteiger partial charge in [0.2, 0.25) is 0 Å². The minimum Gasteiger partial charge on any atom is -0.476 e. The maximum Gasteiger partial charge on any atom is 0.255 e. The van der Waals surface area contributed by atoms with Gasteiger partial charge >= 0.3 is 0 Å². The van der Waals surface area contributed by atoms with Crippen molar-refractivity contribution in [1.82, 2.24) is 0 Å². The predicted octanol–water partition coefficient (Wildman–Crippen LogP) is 1.13. The second kappa shape index (κ2) is 2.09. The van der Waals surface area contributed by atoms with Gasteiger partial charge in [0.1, 0.15) is 6.10 Å². The summed E-state index contributed by atoms with van der Waals surface area (Å²) in [6.45, 7) is 0. The lowest BCUT2D eigenvalue weighted by Crippen LogP contribution is -2.36. The van der Waals surface area contributed by atoms with Crippen molar-refractivity contribution >= 4 is 11.8 Å². The van der Waals surface area contributed by atoms with E-state index in [4.69, 9.17) is 4.74 Å². The second-order valence-corrected chi connectivity index (χ2v) is 3.99. The number of ether oxygens (including phenoxy) is 1. The molecular formula is C9H11NO2. The van der Waals surface area contributed by atoms with E-state index in [2.05, 4.69) is 4.99 Å². The van der Waals surface area contributed by atoms with E-state index in [1.807, 2.05) is 0 Å². The molecule has 3 fully saturated rings. The third-order valence-electron chi connectivity index (χ3n) is 3.20. The molecule has 3 heteroatoms. The normalized spacial score (nSPS) is 43.8. The number of rotatable bonds is 0. The SMILES string of the molecule is O=C1N=C2CC3CCC(O2)C1C3. The summed E-state index contributed by atoms with van der Waals surface area (Å²) >= 11 is 0. The molecule has 64 valence electrons. The molecule has 5 aliphatic rings. The van der Waals surface area contributed by atoms with Crippen LogP contribution in [0.1, 0.15) is 25.7 Å². The fourth-order valence-electron chi connectivity index (χ4n) is 2.56. The predicted molar refractivity (Wildman–Crippen MR) is 42.8 cm³/mol. The molecule has 0 aromatic heterocycles. The quantitative estimate of drug-likeness (QED) is 0.539. The number of hydrogen-bond acceptors (Lipinski definition) is 2. The molecule has 4 bridgehead atoms. The highest BCUT2D eigenvalue weighted by Gasteiger charge is 2.44. The Morgan fingerprint density at radius 2 is 2.33 bits per heavy atom. The zero-order chi connectivity index (χ0) is 8.13. The van der Waals surface area contributed by atoms with Gasteiger partial charge in [-0.3, -0.25) is 4.79 Å². The zero-order valence-corrected chi connectivity index (χ0v) is 6.82. The lowest BCUT2D eigenvalue weighted by atomic mass is 9.79. The van der Waals surface area contributed by atoms with Crippen LogP contribution in [0.3, 0.4) is 0 Å². The van der Waals surface area contributed by atoms with Crippen molar-refractivity contribution < 1.29 is 9.53 Å². The van der Waals surface area contributed by atoms with Gasteiger partial charge in [-0.25, -0.2) is 0 Å². The number of amides is 1. The molecule has 5 rings (SSSR count). The minimum absolute atomic E-state index is 0.0726. The molecule has 0 aromatic rings. The molecule has 0 N–H and O–H groups in total. The molecule has 0 aromatic carbocycles. The Morgan fingerprint density at radius 1 is 1.42 bits per heavy atom. The van der Waals surface area contributed by atoms with E-state index in [1.165, 1.54) is 6.42 Å². The van der Waals surface area contributed by atoms with Crippen LogP contribution < -0.4 is 0 Å². The molecule has 1 aliphatic carbocycles. The van der Waals surface area contributed by atoms with Crippen LogP contribution in [0.25, 0.3) is 0 Å². The van der Waals surface area contributed by atoms with Crippen molar-refractivity contribution in [3.05, 3.63) is 0 Å². The van der Waals surface area contributed by atoms with Crippen LogP contribution in [-0.2, 0) is 9.53 Å². The van der Waals surface area contributed by atoms with Crippen LogP contribution in [0.2, 0.25) is 0 Å². The van der Waals surface area contributed by atoms with Gasteiger partial charge in [-0.05, 0) is 25.2 Å². The number of carbonyl (C=O) groups excluding carboxylic acids is 1. The first kappa shape index (κ1) is 6.63. The molecule has 4 heterocycles. The summed E-state index contributed by atoms with van der Waals surface area (Å²) in [5, 5.41) is 0. The van der Waals surface area contributed by atoms with E-state index < -0.39 is 0 Å². The zero-order valence-electron chi connectivity index (χ0n) is 6.82. The summed E-state index contributed by atoms with van der Waals surface area (Å²) in [5.41, 5.74) is 0. The van der Waals surface area contributed by atoms with Crippen LogP contribution in [0.15, 0.2) is 4.99 Å². The van der Waals surface area contributed by atoms with Gasteiger partial charge < -0.3 is 4.74 Å². The first-order chi connectivity index (χ1) is 5.83. The Bertz CT molecular complexity index is 268. The van der Waals surface area contributed by atoms with Crippen molar-refractivity contribution in [2.45, 2.75) is 31.8 Å². The van der Waals surface area contributed by atoms with Crippen LogP contribution in [0.5, 0.6) is 0 Å². The van der Waals surface area contributed by atoms with E-state index >= 15 is 0 Å². The molecule has 0 radical (unpaired) electrons. The third kappa shape index (κ3) is 0.765. The van der Waals surface area contributed by atoms with Gasteiger partial charge in [0.05, 0.1) is 5.92 Å². The lowest BCUT2D eigenvalue weighted by Gasteiger charge is -2.30. The first-order valence-electron chi connectivity index (χ1n) is 4.61. The van der Waals surface area contributed by atoms with Crippen molar-refractivity contribution in [2.24, 2.45) is 16.8 Å². The highest BCUT2D eigenvalue weighted by Crippen LogP contribution is 2.40. The molecule has 1 amide bonds. The van der Waals surface area contributed by atoms with Gasteiger partial charge in [-0.1, -0.05) is 0 Å². The molecule has 0 spiro atoms. The maximum absolute atomic E-state index is 11.4. The van der Waals surface area contributed by atoms with Gasteiger partial charge in [0, 0.05) is 6.42 Å². The average molecular weight is 165 g/mol. The third-order valence-corrected chi connectivity index (χ3v) is 3.20. The summed E-state index contributed by atoms with van der Waals surface area (Å²) in [6.07, 6.45) is 4.35. The average Bonchev–Trinajstić information content (AvgIpc) is 2.37. The number of aliphatic imine (C=N–C) groups is 1.